The van der Waals surface area contributed by atoms with Crippen LogP contribution in [0, 0.1) is 0 Å². The molecule has 148 valence electrons. The van der Waals surface area contributed by atoms with Gasteiger partial charge < -0.3 is 5.32 Å². The van der Waals surface area contributed by atoms with Crippen LogP contribution in [0.3, 0.4) is 0 Å². The van der Waals surface area contributed by atoms with Gasteiger partial charge in [-0.05, 0) is 37.1 Å². The van der Waals surface area contributed by atoms with Gasteiger partial charge >= 0.3 is 0 Å². The van der Waals surface area contributed by atoms with E-state index in [0.29, 0.717) is 30.0 Å². The number of benzene rings is 1. The van der Waals surface area contributed by atoms with Gasteiger partial charge in [0.05, 0.1) is 16.6 Å². The van der Waals surface area contributed by atoms with E-state index in [0.717, 1.165) is 6.42 Å². The van der Waals surface area contributed by atoms with Crippen LogP contribution in [0.25, 0.3) is 5.78 Å². The van der Waals surface area contributed by atoms with Crippen LogP contribution in [0.2, 0.25) is 0 Å². The largest absolute Gasteiger partial charge is 0.352 e. The van der Waals surface area contributed by atoms with E-state index in [1.807, 2.05) is 13.8 Å². The topological polar surface area (TPSA) is 105 Å². The van der Waals surface area contributed by atoms with Gasteiger partial charge in [0.15, 0.2) is 0 Å². The molecule has 1 atom stereocenters. The molecule has 9 heteroatoms. The zero-order valence-corrected chi connectivity index (χ0v) is 16.6. The Hall–Kier alpha value is -2.78. The summed E-state index contributed by atoms with van der Waals surface area (Å²) in [5, 5.41) is 2.75. The fraction of sp³-hybridized carbons (Fsp3) is 0.316. The monoisotopic (exact) mass is 401 g/mol. The van der Waals surface area contributed by atoms with E-state index in [1.54, 1.807) is 41.2 Å². The highest BCUT2D eigenvalue weighted by molar-refractivity contribution is 7.89. The summed E-state index contributed by atoms with van der Waals surface area (Å²) in [5.41, 5.74) is 0.892. The van der Waals surface area contributed by atoms with Crippen molar-refractivity contribution in [3.8, 4) is 0 Å². The predicted molar refractivity (Wildman–Crippen MR) is 105 cm³/mol. The summed E-state index contributed by atoms with van der Waals surface area (Å²) < 4.78 is 30.2. The van der Waals surface area contributed by atoms with Crippen LogP contribution in [0.4, 0.5) is 0 Å². The molecule has 2 aromatic heterocycles. The fourth-order valence-electron chi connectivity index (χ4n) is 2.77. The van der Waals surface area contributed by atoms with Gasteiger partial charge in [0.1, 0.15) is 0 Å². The minimum absolute atomic E-state index is 0.0389. The third-order valence-corrected chi connectivity index (χ3v) is 5.73. The first-order chi connectivity index (χ1) is 13.4. The van der Waals surface area contributed by atoms with Gasteiger partial charge in [-0.15, -0.1) is 0 Å². The Morgan fingerprint density at radius 2 is 2.07 bits per heavy atom. The third-order valence-electron chi connectivity index (χ3n) is 4.26. The molecule has 8 nitrogen and oxygen atoms in total. The maximum Gasteiger partial charge on any atom is 0.251 e. The number of hydrogen-bond acceptors (Lipinski definition) is 5. The van der Waals surface area contributed by atoms with Gasteiger partial charge in [0, 0.05) is 30.7 Å². The number of imidazole rings is 1. The average molecular weight is 401 g/mol. The highest BCUT2D eigenvalue weighted by Gasteiger charge is 2.23. The summed E-state index contributed by atoms with van der Waals surface area (Å²) in [6.07, 6.45) is 6.51. The van der Waals surface area contributed by atoms with Crippen LogP contribution in [-0.2, 0) is 10.0 Å². The molecule has 2 N–H and O–H groups in total. The highest BCUT2D eigenvalue weighted by Crippen LogP contribution is 2.20. The second-order valence-electron chi connectivity index (χ2n) is 6.36. The van der Waals surface area contributed by atoms with Crippen molar-refractivity contribution in [2.45, 2.75) is 37.6 Å². The van der Waals surface area contributed by atoms with Gasteiger partial charge in [-0.1, -0.05) is 19.9 Å². The van der Waals surface area contributed by atoms with Crippen LogP contribution in [-0.4, -0.2) is 35.2 Å². The van der Waals surface area contributed by atoms with Crippen molar-refractivity contribution in [2.75, 3.05) is 6.54 Å². The lowest BCUT2D eigenvalue weighted by Crippen LogP contribution is -2.29. The molecular formula is C19H23N5O3S. The second-order valence-corrected chi connectivity index (χ2v) is 8.07. The fourth-order valence-corrected chi connectivity index (χ4v) is 4.11. The van der Waals surface area contributed by atoms with Gasteiger partial charge in [-0.2, -0.15) is 0 Å². The van der Waals surface area contributed by atoms with Crippen molar-refractivity contribution < 1.29 is 13.2 Å². The van der Waals surface area contributed by atoms with E-state index in [4.69, 9.17) is 0 Å². The van der Waals surface area contributed by atoms with Crippen LogP contribution in [0.15, 0.2) is 53.8 Å². The van der Waals surface area contributed by atoms with Gasteiger partial charge in [0.2, 0.25) is 15.8 Å². The molecule has 0 fully saturated rings. The summed E-state index contributed by atoms with van der Waals surface area (Å²) >= 11 is 0. The van der Waals surface area contributed by atoms with Gasteiger partial charge in [0.25, 0.3) is 5.91 Å². The lowest BCUT2D eigenvalue weighted by atomic mass is 10.2. The standard InChI is InChI=1S/C19H23N5O3S/c1-3-9-20-18(25)14-7-5-8-15(12-14)28(26,27)23-16(4-2)17-13-24-11-6-10-21-19(24)22-17/h5-8,10-13,16,23H,3-4,9H2,1-2H3,(H,20,25)/t16-/m0/s1. The zero-order chi connectivity index (χ0) is 20.1. The molecule has 0 radical (unpaired) electrons. The smallest absolute Gasteiger partial charge is 0.251 e. The van der Waals surface area contributed by atoms with Crippen molar-refractivity contribution in [2.24, 2.45) is 0 Å². The molecule has 28 heavy (non-hydrogen) atoms. The normalized spacial score (nSPS) is 12.8. The number of fused-ring (bicyclic) bond motifs is 1. The van der Waals surface area contributed by atoms with Crippen molar-refractivity contribution >= 4 is 21.7 Å². The van der Waals surface area contributed by atoms with Crippen molar-refractivity contribution in [1.29, 1.82) is 0 Å². The minimum atomic E-state index is -3.83. The maximum absolute atomic E-state index is 12.9. The molecule has 1 amide bonds. The number of rotatable bonds is 8. The molecule has 1 aromatic carbocycles. The Bertz CT molecular complexity index is 1040. The Kier molecular flexibility index (Phi) is 6.05. The molecule has 3 rings (SSSR count). The average Bonchev–Trinajstić information content (AvgIpc) is 3.14. The first-order valence-corrected chi connectivity index (χ1v) is 10.6. The summed E-state index contributed by atoms with van der Waals surface area (Å²) in [6, 6.07) is 7.27. The lowest BCUT2D eigenvalue weighted by molar-refractivity contribution is 0.0953. The number of hydrogen-bond donors (Lipinski definition) is 2. The van der Waals surface area contributed by atoms with E-state index in [1.165, 1.54) is 12.1 Å². The van der Waals surface area contributed by atoms with Crippen LogP contribution in [0.1, 0.15) is 48.8 Å². The second kappa shape index (κ2) is 8.49. The van der Waals surface area contributed by atoms with E-state index < -0.39 is 16.1 Å². The first-order valence-electron chi connectivity index (χ1n) is 9.14. The van der Waals surface area contributed by atoms with Crippen molar-refractivity contribution in [1.82, 2.24) is 24.4 Å². The molecule has 0 bridgehead atoms. The molecule has 0 spiro atoms. The molecular weight excluding hydrogens is 378 g/mol. The summed E-state index contributed by atoms with van der Waals surface area (Å²) in [6.45, 7) is 4.36. The maximum atomic E-state index is 12.9. The number of nitrogens with one attached hydrogen (secondary N) is 2. The quantitative estimate of drug-likeness (QED) is 0.602. The van der Waals surface area contributed by atoms with Crippen LogP contribution < -0.4 is 10.0 Å². The molecule has 0 aliphatic carbocycles. The Morgan fingerprint density at radius 3 is 2.79 bits per heavy atom. The Morgan fingerprint density at radius 1 is 1.25 bits per heavy atom. The number of amides is 1. The molecule has 0 unspecified atom stereocenters. The van der Waals surface area contributed by atoms with E-state index in [2.05, 4.69) is 20.0 Å². The van der Waals surface area contributed by atoms with E-state index >= 15 is 0 Å². The molecule has 0 aliphatic rings. The molecule has 0 saturated carbocycles. The molecule has 0 saturated heterocycles. The number of carbonyl (C=O) groups excluding carboxylic acids is 1. The minimum Gasteiger partial charge on any atom is -0.352 e. The first kappa shape index (κ1) is 20.0. The number of nitrogens with zero attached hydrogens (tertiary/aromatic N) is 3. The lowest BCUT2D eigenvalue weighted by Gasteiger charge is -2.15. The molecule has 2 heterocycles. The Balaban J connectivity index is 1.84. The number of carbonyl (C=O) groups is 1. The van der Waals surface area contributed by atoms with Gasteiger partial charge in [-0.25, -0.2) is 23.1 Å². The Labute approximate surface area is 164 Å². The van der Waals surface area contributed by atoms with Crippen LogP contribution in [0.5, 0.6) is 0 Å². The summed E-state index contributed by atoms with van der Waals surface area (Å²) in [5.74, 6) is 0.210. The number of sulfonamides is 1. The predicted octanol–water partition coefficient (Wildman–Crippen LogP) is 2.30. The molecule has 0 aliphatic heterocycles. The van der Waals surface area contributed by atoms with Gasteiger partial charge in [-0.3, -0.25) is 9.20 Å². The molecule has 3 aromatic rings. The van der Waals surface area contributed by atoms with E-state index in [9.17, 15) is 13.2 Å². The zero-order valence-electron chi connectivity index (χ0n) is 15.8. The third kappa shape index (κ3) is 4.37. The van der Waals surface area contributed by atoms with Crippen molar-refractivity contribution in [3.05, 3.63) is 60.2 Å². The summed E-state index contributed by atoms with van der Waals surface area (Å²) in [4.78, 5) is 20.7. The van der Waals surface area contributed by atoms with Crippen LogP contribution >= 0.6 is 0 Å². The summed E-state index contributed by atoms with van der Waals surface area (Å²) in [7, 11) is -3.83. The highest BCUT2D eigenvalue weighted by atomic mass is 32.2. The number of aromatic nitrogens is 3. The SMILES string of the molecule is CCCNC(=O)c1cccc(S(=O)(=O)N[C@@H](CC)c2cn3cccnc3n2)c1. The van der Waals surface area contributed by atoms with E-state index in [-0.39, 0.29) is 10.8 Å². The van der Waals surface area contributed by atoms with Crippen molar-refractivity contribution in [3.63, 3.8) is 0 Å².